The number of nitrogens with one attached hydrogen (secondary N) is 1. The number of halogens is 2. The second kappa shape index (κ2) is 7.15. The molecule has 116 valence electrons. The number of rotatable bonds is 5. The summed E-state index contributed by atoms with van der Waals surface area (Å²) in [5.74, 6) is -2.93. The molecule has 0 aliphatic heterocycles. The summed E-state index contributed by atoms with van der Waals surface area (Å²) < 4.78 is 31.5. The monoisotopic (exact) mass is 299 g/mol. The molecule has 0 spiro atoms. The van der Waals surface area contributed by atoms with Crippen LogP contribution >= 0.6 is 0 Å². The fourth-order valence-corrected chi connectivity index (χ4v) is 1.89. The van der Waals surface area contributed by atoms with Gasteiger partial charge in [-0.3, -0.25) is 4.79 Å². The molecule has 0 radical (unpaired) electrons. The molecule has 1 unspecified atom stereocenters. The van der Waals surface area contributed by atoms with Gasteiger partial charge in [0.2, 0.25) is 0 Å². The van der Waals surface area contributed by atoms with Gasteiger partial charge in [-0.15, -0.1) is 0 Å². The van der Waals surface area contributed by atoms with Crippen LogP contribution in [0.15, 0.2) is 12.1 Å². The number of carbonyl (C=O) groups is 2. The molecule has 0 aliphatic carbocycles. The van der Waals surface area contributed by atoms with Crippen molar-refractivity contribution in [2.75, 3.05) is 7.11 Å². The van der Waals surface area contributed by atoms with Gasteiger partial charge in [-0.1, -0.05) is 13.8 Å². The maximum atomic E-state index is 13.7. The summed E-state index contributed by atoms with van der Waals surface area (Å²) in [5.41, 5.74) is -0.147. The fourth-order valence-electron chi connectivity index (χ4n) is 1.89. The lowest BCUT2D eigenvalue weighted by Gasteiger charge is -2.18. The summed E-state index contributed by atoms with van der Waals surface area (Å²) >= 11 is 0. The van der Waals surface area contributed by atoms with Crippen LogP contribution in [-0.2, 0) is 9.53 Å². The molecule has 1 amide bonds. The molecule has 1 atom stereocenters. The minimum Gasteiger partial charge on any atom is -0.467 e. The summed E-state index contributed by atoms with van der Waals surface area (Å²) in [6.07, 6.45) is 0.361. The lowest BCUT2D eigenvalue weighted by Crippen LogP contribution is -2.42. The molecule has 4 nitrogen and oxygen atoms in total. The Labute approximate surface area is 122 Å². The highest BCUT2D eigenvalue weighted by atomic mass is 19.1. The Morgan fingerprint density at radius 1 is 1.24 bits per heavy atom. The van der Waals surface area contributed by atoms with Crippen LogP contribution < -0.4 is 5.32 Å². The molecular formula is C15H19F2NO3. The first kappa shape index (κ1) is 17.1. The van der Waals surface area contributed by atoms with E-state index in [0.29, 0.717) is 12.5 Å². The first-order chi connectivity index (χ1) is 9.76. The summed E-state index contributed by atoms with van der Waals surface area (Å²) in [7, 11) is 1.21. The number of ether oxygens (including phenoxy) is 1. The second-order valence-electron chi connectivity index (χ2n) is 5.26. The van der Waals surface area contributed by atoms with E-state index < -0.39 is 29.6 Å². The zero-order valence-electron chi connectivity index (χ0n) is 12.5. The van der Waals surface area contributed by atoms with Crippen LogP contribution in [0.1, 0.15) is 36.2 Å². The molecule has 21 heavy (non-hydrogen) atoms. The number of amides is 1. The molecule has 1 aromatic rings. The zero-order chi connectivity index (χ0) is 16.2. The van der Waals surface area contributed by atoms with Gasteiger partial charge in [0.25, 0.3) is 5.91 Å². The van der Waals surface area contributed by atoms with Crippen molar-refractivity contribution in [2.24, 2.45) is 5.92 Å². The highest BCUT2D eigenvalue weighted by molar-refractivity contribution is 5.97. The van der Waals surface area contributed by atoms with Crippen molar-refractivity contribution in [2.45, 2.75) is 33.2 Å². The average molecular weight is 299 g/mol. The number of hydrogen-bond donors (Lipinski definition) is 1. The van der Waals surface area contributed by atoms with Gasteiger partial charge in [0.1, 0.15) is 17.7 Å². The molecule has 0 saturated carbocycles. The van der Waals surface area contributed by atoms with E-state index in [-0.39, 0.29) is 17.0 Å². The van der Waals surface area contributed by atoms with Gasteiger partial charge in [0, 0.05) is 6.07 Å². The fraction of sp³-hybridized carbons (Fsp3) is 0.467. The predicted octanol–water partition coefficient (Wildman–Crippen LogP) is 2.59. The van der Waals surface area contributed by atoms with Gasteiger partial charge in [-0.2, -0.15) is 0 Å². The number of carbonyl (C=O) groups excluding carboxylic acids is 2. The first-order valence-electron chi connectivity index (χ1n) is 6.60. The van der Waals surface area contributed by atoms with Crippen molar-refractivity contribution < 1.29 is 23.1 Å². The molecule has 1 N–H and O–H groups in total. The number of esters is 1. The van der Waals surface area contributed by atoms with E-state index in [9.17, 15) is 18.4 Å². The smallest absolute Gasteiger partial charge is 0.328 e. The summed E-state index contributed by atoms with van der Waals surface area (Å²) in [6.45, 7) is 5.19. The average Bonchev–Trinajstić information content (AvgIpc) is 2.40. The third kappa shape index (κ3) is 4.51. The van der Waals surface area contributed by atoms with Crippen molar-refractivity contribution in [1.82, 2.24) is 5.32 Å². The van der Waals surface area contributed by atoms with E-state index in [0.717, 1.165) is 6.07 Å². The summed E-state index contributed by atoms with van der Waals surface area (Å²) in [4.78, 5) is 23.7. The highest BCUT2D eigenvalue weighted by Crippen LogP contribution is 2.15. The van der Waals surface area contributed by atoms with Gasteiger partial charge in [-0.05, 0) is 30.9 Å². The molecule has 1 rings (SSSR count). The van der Waals surface area contributed by atoms with E-state index in [2.05, 4.69) is 10.1 Å². The number of methoxy groups -OCH3 is 1. The molecule has 1 aromatic carbocycles. The van der Waals surface area contributed by atoms with Gasteiger partial charge in [-0.25, -0.2) is 13.6 Å². The maximum Gasteiger partial charge on any atom is 0.328 e. The van der Waals surface area contributed by atoms with Crippen molar-refractivity contribution in [3.05, 3.63) is 34.9 Å². The molecule has 0 aromatic heterocycles. The molecule has 0 fully saturated rings. The Morgan fingerprint density at radius 2 is 1.86 bits per heavy atom. The van der Waals surface area contributed by atoms with Crippen molar-refractivity contribution in [3.8, 4) is 0 Å². The van der Waals surface area contributed by atoms with E-state index in [4.69, 9.17) is 0 Å². The van der Waals surface area contributed by atoms with Crippen LogP contribution in [0.3, 0.4) is 0 Å². The Balaban J connectivity index is 2.96. The quantitative estimate of drug-likeness (QED) is 0.850. The van der Waals surface area contributed by atoms with Gasteiger partial charge >= 0.3 is 5.97 Å². The largest absolute Gasteiger partial charge is 0.467 e. The second-order valence-corrected chi connectivity index (χ2v) is 5.26. The number of benzene rings is 1. The molecule has 0 aliphatic rings. The third-order valence-corrected chi connectivity index (χ3v) is 2.99. The van der Waals surface area contributed by atoms with Crippen molar-refractivity contribution in [3.63, 3.8) is 0 Å². The zero-order valence-corrected chi connectivity index (χ0v) is 12.5. The summed E-state index contributed by atoms with van der Waals surface area (Å²) in [6, 6.07) is 0.899. The SMILES string of the molecule is COC(=O)C(CC(C)C)NC(=O)c1cc(C)c(F)cc1F. The molecule has 0 heterocycles. The lowest BCUT2D eigenvalue weighted by molar-refractivity contribution is -0.143. The molecule has 0 saturated heterocycles. The third-order valence-electron chi connectivity index (χ3n) is 2.99. The minimum atomic E-state index is -0.969. The Morgan fingerprint density at radius 3 is 2.38 bits per heavy atom. The maximum absolute atomic E-state index is 13.7. The Kier molecular flexibility index (Phi) is 5.81. The predicted molar refractivity (Wildman–Crippen MR) is 73.8 cm³/mol. The van der Waals surface area contributed by atoms with E-state index in [1.807, 2.05) is 13.8 Å². The topological polar surface area (TPSA) is 55.4 Å². The summed E-state index contributed by atoms with van der Waals surface area (Å²) in [5, 5.41) is 2.43. The molecule has 6 heteroatoms. The standard InChI is InChI=1S/C15H19F2NO3/c1-8(2)5-13(15(20)21-4)18-14(19)10-6-9(3)11(16)7-12(10)17/h6-8,13H,5H2,1-4H3,(H,18,19). The van der Waals surface area contributed by atoms with Gasteiger partial charge in [0.05, 0.1) is 12.7 Å². The molecule has 0 bridgehead atoms. The van der Waals surface area contributed by atoms with Crippen LogP contribution in [0.2, 0.25) is 0 Å². The van der Waals surface area contributed by atoms with E-state index in [1.54, 1.807) is 0 Å². The Hall–Kier alpha value is -1.98. The van der Waals surface area contributed by atoms with Crippen molar-refractivity contribution >= 4 is 11.9 Å². The Bertz CT molecular complexity index is 544. The highest BCUT2D eigenvalue weighted by Gasteiger charge is 2.24. The van der Waals surface area contributed by atoms with Gasteiger partial charge in [0.15, 0.2) is 0 Å². The van der Waals surface area contributed by atoms with Gasteiger partial charge < -0.3 is 10.1 Å². The van der Waals surface area contributed by atoms with Crippen LogP contribution in [0, 0.1) is 24.5 Å². The van der Waals surface area contributed by atoms with Crippen LogP contribution in [0.25, 0.3) is 0 Å². The molecular weight excluding hydrogens is 280 g/mol. The van der Waals surface area contributed by atoms with Crippen LogP contribution in [0.4, 0.5) is 8.78 Å². The van der Waals surface area contributed by atoms with Crippen molar-refractivity contribution in [1.29, 1.82) is 0 Å². The number of hydrogen-bond acceptors (Lipinski definition) is 3. The lowest BCUT2D eigenvalue weighted by atomic mass is 10.0. The van der Waals surface area contributed by atoms with Crippen LogP contribution in [0.5, 0.6) is 0 Å². The minimum absolute atomic E-state index is 0.134. The first-order valence-corrected chi connectivity index (χ1v) is 6.60. The van der Waals surface area contributed by atoms with Crippen LogP contribution in [-0.4, -0.2) is 25.0 Å². The normalized spacial score (nSPS) is 12.1. The van der Waals surface area contributed by atoms with E-state index >= 15 is 0 Å². The number of aryl methyl sites for hydroxylation is 1. The van der Waals surface area contributed by atoms with E-state index in [1.165, 1.54) is 14.0 Å².